The number of hydrazine groups is 1. The summed E-state index contributed by atoms with van der Waals surface area (Å²) in [4.78, 5) is 24.6. The maximum absolute atomic E-state index is 11.9. The molecule has 2 aromatic carbocycles. The number of benzene rings is 2. The molecule has 0 radical (unpaired) electrons. The van der Waals surface area contributed by atoms with Gasteiger partial charge in [-0.25, -0.2) is 0 Å². The molecule has 0 aliphatic rings. The Kier molecular flexibility index (Phi) is 6.05. The van der Waals surface area contributed by atoms with Gasteiger partial charge in [-0.2, -0.15) is 0 Å². The maximum Gasteiger partial charge on any atom is 0.269 e. The van der Waals surface area contributed by atoms with Crippen LogP contribution in [0.5, 0.6) is 5.75 Å². The Morgan fingerprint density at radius 2 is 1.65 bits per heavy atom. The van der Waals surface area contributed by atoms with E-state index in [0.29, 0.717) is 5.56 Å². The molecule has 0 spiro atoms. The Morgan fingerprint density at radius 3 is 2.26 bits per heavy atom. The highest BCUT2D eigenvalue weighted by molar-refractivity contribution is 8.00. The van der Waals surface area contributed by atoms with Gasteiger partial charge in [-0.1, -0.05) is 17.7 Å². The van der Waals surface area contributed by atoms with Gasteiger partial charge in [-0.3, -0.25) is 20.4 Å². The van der Waals surface area contributed by atoms with Crippen molar-refractivity contribution in [3.63, 3.8) is 0 Å². The third-order valence-electron chi connectivity index (χ3n) is 3.06. The highest BCUT2D eigenvalue weighted by Gasteiger charge is 2.07. The highest BCUT2D eigenvalue weighted by Crippen LogP contribution is 2.20. The lowest BCUT2D eigenvalue weighted by Gasteiger charge is -2.08. The largest absolute Gasteiger partial charge is 0.497 e. The van der Waals surface area contributed by atoms with E-state index in [1.807, 2.05) is 43.3 Å². The zero-order valence-electron chi connectivity index (χ0n) is 13.0. The number of carbonyl (C=O) groups excluding carboxylic acids is 2. The molecule has 0 aliphatic carbocycles. The molecule has 0 saturated carbocycles. The molecule has 0 saturated heterocycles. The van der Waals surface area contributed by atoms with E-state index < -0.39 is 0 Å². The minimum absolute atomic E-state index is 0.209. The van der Waals surface area contributed by atoms with E-state index in [4.69, 9.17) is 4.74 Å². The fraction of sp³-hybridized carbons (Fsp3) is 0.176. The number of ether oxygens (including phenoxy) is 1. The summed E-state index contributed by atoms with van der Waals surface area (Å²) in [6.45, 7) is 1.94. The van der Waals surface area contributed by atoms with Gasteiger partial charge in [0.15, 0.2) is 0 Å². The van der Waals surface area contributed by atoms with E-state index in [2.05, 4.69) is 10.9 Å². The van der Waals surface area contributed by atoms with Gasteiger partial charge in [0.05, 0.1) is 12.9 Å². The molecule has 2 amide bonds. The second kappa shape index (κ2) is 8.24. The Morgan fingerprint density at radius 1 is 1.00 bits per heavy atom. The number of thioether (sulfide) groups is 1. The summed E-state index contributed by atoms with van der Waals surface area (Å²) in [5.74, 6) is 0.365. The lowest BCUT2D eigenvalue weighted by molar-refractivity contribution is -0.119. The molecular weight excluding hydrogens is 312 g/mol. The van der Waals surface area contributed by atoms with Crippen molar-refractivity contribution in [2.24, 2.45) is 0 Å². The van der Waals surface area contributed by atoms with Gasteiger partial charge in [0.2, 0.25) is 5.91 Å². The summed E-state index contributed by atoms with van der Waals surface area (Å²) >= 11 is 1.38. The Labute approximate surface area is 139 Å². The first-order valence-corrected chi connectivity index (χ1v) is 8.00. The van der Waals surface area contributed by atoms with Crippen LogP contribution in [0.1, 0.15) is 15.9 Å². The molecule has 120 valence electrons. The quantitative estimate of drug-likeness (QED) is 0.653. The molecule has 23 heavy (non-hydrogen) atoms. The molecule has 6 heteroatoms. The molecule has 0 bridgehead atoms. The average molecular weight is 330 g/mol. The van der Waals surface area contributed by atoms with Crippen molar-refractivity contribution in [1.82, 2.24) is 10.9 Å². The van der Waals surface area contributed by atoms with E-state index in [0.717, 1.165) is 16.2 Å². The summed E-state index contributed by atoms with van der Waals surface area (Å²) < 4.78 is 5.07. The maximum atomic E-state index is 11.9. The minimum atomic E-state index is -0.340. The molecule has 0 aromatic heterocycles. The van der Waals surface area contributed by atoms with Crippen molar-refractivity contribution in [3.8, 4) is 5.75 Å². The smallest absolute Gasteiger partial charge is 0.269 e. The summed E-state index contributed by atoms with van der Waals surface area (Å²) in [5.41, 5.74) is 6.37. The number of aryl methyl sites for hydroxylation is 1. The molecule has 0 aliphatic heterocycles. The molecule has 5 nitrogen and oxygen atoms in total. The highest BCUT2D eigenvalue weighted by atomic mass is 32.2. The first-order valence-electron chi connectivity index (χ1n) is 7.01. The standard InChI is InChI=1S/C17H18N2O3S/c1-12-3-5-13(6-4-12)17(21)19-18-16(20)11-23-15-9-7-14(22-2)8-10-15/h3-10H,11H2,1-2H3,(H,18,20)(H,19,21). The lowest BCUT2D eigenvalue weighted by Crippen LogP contribution is -2.42. The molecule has 0 atom stereocenters. The van der Waals surface area contributed by atoms with Gasteiger partial charge in [-0.05, 0) is 43.3 Å². The predicted octanol–water partition coefficient (Wildman–Crippen LogP) is 2.56. The third-order valence-corrected chi connectivity index (χ3v) is 4.07. The second-order valence-corrected chi connectivity index (χ2v) is 5.88. The number of hydrogen-bond donors (Lipinski definition) is 2. The topological polar surface area (TPSA) is 67.4 Å². The Hall–Kier alpha value is -2.47. The average Bonchev–Trinajstić information content (AvgIpc) is 2.59. The summed E-state index contributed by atoms with van der Waals surface area (Å²) in [5, 5.41) is 0. The van der Waals surface area contributed by atoms with Crippen LogP contribution in [0.4, 0.5) is 0 Å². The SMILES string of the molecule is COc1ccc(SCC(=O)NNC(=O)c2ccc(C)cc2)cc1. The van der Waals surface area contributed by atoms with Crippen LogP contribution in [0.3, 0.4) is 0 Å². The molecule has 0 fully saturated rings. The molecular formula is C17H18N2O3S. The van der Waals surface area contributed by atoms with Crippen molar-refractivity contribution >= 4 is 23.6 Å². The van der Waals surface area contributed by atoms with Crippen molar-refractivity contribution in [1.29, 1.82) is 0 Å². The fourth-order valence-electron chi connectivity index (χ4n) is 1.76. The van der Waals surface area contributed by atoms with E-state index in [1.54, 1.807) is 19.2 Å². The van der Waals surface area contributed by atoms with Crippen molar-refractivity contribution in [2.45, 2.75) is 11.8 Å². The number of nitrogens with one attached hydrogen (secondary N) is 2. The second-order valence-electron chi connectivity index (χ2n) is 4.83. The van der Waals surface area contributed by atoms with Gasteiger partial charge < -0.3 is 4.74 Å². The molecule has 2 aromatic rings. The van der Waals surface area contributed by atoms with Crippen LogP contribution in [0, 0.1) is 6.92 Å². The van der Waals surface area contributed by atoms with Crippen LogP contribution < -0.4 is 15.6 Å². The van der Waals surface area contributed by atoms with Crippen LogP contribution in [0.15, 0.2) is 53.4 Å². The van der Waals surface area contributed by atoms with Crippen LogP contribution in [-0.4, -0.2) is 24.7 Å². The van der Waals surface area contributed by atoms with Gasteiger partial charge in [0.1, 0.15) is 5.75 Å². The first kappa shape index (κ1) is 16.9. The minimum Gasteiger partial charge on any atom is -0.497 e. The van der Waals surface area contributed by atoms with Gasteiger partial charge >= 0.3 is 0 Å². The Bertz CT molecular complexity index is 669. The van der Waals surface area contributed by atoms with Gasteiger partial charge in [0, 0.05) is 10.5 Å². The van der Waals surface area contributed by atoms with E-state index in [1.165, 1.54) is 11.8 Å². The number of methoxy groups -OCH3 is 1. The van der Waals surface area contributed by atoms with Crippen LogP contribution in [-0.2, 0) is 4.79 Å². The molecule has 0 unspecified atom stereocenters. The van der Waals surface area contributed by atoms with E-state index >= 15 is 0 Å². The zero-order chi connectivity index (χ0) is 16.7. The number of amides is 2. The summed E-state index contributed by atoms with van der Waals surface area (Å²) in [6, 6.07) is 14.5. The van der Waals surface area contributed by atoms with E-state index in [-0.39, 0.29) is 17.6 Å². The van der Waals surface area contributed by atoms with Crippen molar-refractivity contribution < 1.29 is 14.3 Å². The van der Waals surface area contributed by atoms with Crippen molar-refractivity contribution in [2.75, 3.05) is 12.9 Å². The third kappa shape index (κ3) is 5.34. The number of hydrogen-bond acceptors (Lipinski definition) is 4. The van der Waals surface area contributed by atoms with Crippen LogP contribution in [0.2, 0.25) is 0 Å². The summed E-state index contributed by atoms with van der Waals surface area (Å²) in [6.07, 6.45) is 0. The Balaban J connectivity index is 1.76. The van der Waals surface area contributed by atoms with Crippen LogP contribution >= 0.6 is 11.8 Å². The van der Waals surface area contributed by atoms with Gasteiger partial charge in [-0.15, -0.1) is 11.8 Å². The van der Waals surface area contributed by atoms with Crippen molar-refractivity contribution in [3.05, 3.63) is 59.7 Å². The zero-order valence-corrected chi connectivity index (χ0v) is 13.8. The first-order chi connectivity index (χ1) is 11.1. The molecule has 2 N–H and O–H groups in total. The summed E-state index contributed by atoms with van der Waals surface area (Å²) in [7, 11) is 1.60. The van der Waals surface area contributed by atoms with E-state index in [9.17, 15) is 9.59 Å². The lowest BCUT2D eigenvalue weighted by atomic mass is 10.1. The van der Waals surface area contributed by atoms with Gasteiger partial charge in [0.25, 0.3) is 5.91 Å². The number of carbonyl (C=O) groups is 2. The predicted molar refractivity (Wildman–Crippen MR) is 90.5 cm³/mol. The fourth-order valence-corrected chi connectivity index (χ4v) is 2.46. The monoisotopic (exact) mass is 330 g/mol. The molecule has 0 heterocycles. The molecule has 2 rings (SSSR count). The number of rotatable bonds is 5. The normalized spacial score (nSPS) is 10.0. The van der Waals surface area contributed by atoms with Crippen LogP contribution in [0.25, 0.3) is 0 Å².